The van der Waals surface area contributed by atoms with Crippen molar-refractivity contribution in [1.82, 2.24) is 14.3 Å². The van der Waals surface area contributed by atoms with Crippen LogP contribution in [0.5, 0.6) is 0 Å². The fourth-order valence-corrected chi connectivity index (χ4v) is 3.61. The maximum Gasteiger partial charge on any atom is 0.243 e. The topological polar surface area (TPSA) is 72.4 Å². The van der Waals surface area contributed by atoms with Gasteiger partial charge in [0, 0.05) is 31.0 Å². The molecule has 0 radical (unpaired) electrons. The van der Waals surface area contributed by atoms with Gasteiger partial charge in [-0.25, -0.2) is 18.4 Å². The van der Waals surface area contributed by atoms with Crippen LogP contribution in [0.4, 0.5) is 0 Å². The third-order valence-corrected chi connectivity index (χ3v) is 5.27. The van der Waals surface area contributed by atoms with E-state index in [1.165, 1.54) is 10.6 Å². The summed E-state index contributed by atoms with van der Waals surface area (Å²) in [6.07, 6.45) is 4.84. The Morgan fingerprint density at radius 3 is 2.19 bits per heavy atom. The summed E-state index contributed by atoms with van der Waals surface area (Å²) in [4.78, 5) is 8.20. The van der Waals surface area contributed by atoms with Gasteiger partial charge < -0.3 is 4.74 Å². The molecule has 0 atom stereocenters. The van der Waals surface area contributed by atoms with Gasteiger partial charge in [0.25, 0.3) is 0 Å². The molecule has 0 bridgehead atoms. The molecule has 7 heteroatoms. The number of hydrogen-bond donors (Lipinski definition) is 0. The first-order valence-corrected chi connectivity index (χ1v) is 8.05. The highest BCUT2D eigenvalue weighted by atomic mass is 32.2. The number of hydrogen-bond acceptors (Lipinski definition) is 5. The van der Waals surface area contributed by atoms with E-state index in [-0.39, 0.29) is 0 Å². The smallest absolute Gasteiger partial charge is 0.243 e. The molecule has 1 aromatic carbocycles. The molecule has 21 heavy (non-hydrogen) atoms. The first kappa shape index (κ1) is 14.1. The summed E-state index contributed by atoms with van der Waals surface area (Å²) in [6.45, 7) is 1.69. The van der Waals surface area contributed by atoms with E-state index in [0.717, 1.165) is 11.1 Å². The van der Waals surface area contributed by atoms with Crippen LogP contribution in [0.1, 0.15) is 0 Å². The number of nitrogens with zero attached hydrogens (tertiary/aromatic N) is 3. The average Bonchev–Trinajstić information content (AvgIpc) is 2.57. The van der Waals surface area contributed by atoms with E-state index in [4.69, 9.17) is 4.74 Å². The van der Waals surface area contributed by atoms with Gasteiger partial charge >= 0.3 is 0 Å². The van der Waals surface area contributed by atoms with Gasteiger partial charge in [0.1, 0.15) is 6.33 Å². The van der Waals surface area contributed by atoms with Crippen LogP contribution in [0.2, 0.25) is 0 Å². The summed E-state index contributed by atoms with van der Waals surface area (Å²) >= 11 is 0. The third kappa shape index (κ3) is 2.94. The summed E-state index contributed by atoms with van der Waals surface area (Å²) in [5.41, 5.74) is 1.74. The lowest BCUT2D eigenvalue weighted by atomic mass is 10.1. The summed E-state index contributed by atoms with van der Waals surface area (Å²) in [5, 5.41) is 0. The van der Waals surface area contributed by atoms with Crippen molar-refractivity contribution in [3.8, 4) is 11.1 Å². The molecule has 0 amide bonds. The van der Waals surface area contributed by atoms with E-state index < -0.39 is 10.0 Å². The predicted octanol–water partition coefficient (Wildman–Crippen LogP) is 1.16. The van der Waals surface area contributed by atoms with Gasteiger partial charge in [0.2, 0.25) is 10.0 Å². The van der Waals surface area contributed by atoms with Gasteiger partial charge in [0.15, 0.2) is 0 Å². The van der Waals surface area contributed by atoms with E-state index >= 15 is 0 Å². The second kappa shape index (κ2) is 5.88. The maximum absolute atomic E-state index is 12.5. The largest absolute Gasteiger partial charge is 0.379 e. The molecule has 0 aliphatic carbocycles. The zero-order valence-electron chi connectivity index (χ0n) is 11.3. The molecule has 1 saturated heterocycles. The number of ether oxygens (including phenoxy) is 1. The molecule has 2 heterocycles. The summed E-state index contributed by atoms with van der Waals surface area (Å²) < 4.78 is 31.6. The molecule has 2 aromatic rings. The van der Waals surface area contributed by atoms with Gasteiger partial charge in [-0.3, -0.25) is 0 Å². The highest BCUT2D eigenvalue weighted by Crippen LogP contribution is 2.22. The molecule has 0 unspecified atom stereocenters. The predicted molar refractivity (Wildman–Crippen MR) is 77.0 cm³/mol. The second-order valence-electron chi connectivity index (χ2n) is 4.67. The minimum Gasteiger partial charge on any atom is -0.379 e. The van der Waals surface area contributed by atoms with Crippen molar-refractivity contribution in [1.29, 1.82) is 0 Å². The van der Waals surface area contributed by atoms with Crippen molar-refractivity contribution in [3.63, 3.8) is 0 Å². The number of morpholine rings is 1. The van der Waals surface area contributed by atoms with Crippen LogP contribution < -0.4 is 0 Å². The maximum atomic E-state index is 12.5. The highest BCUT2D eigenvalue weighted by molar-refractivity contribution is 7.89. The Morgan fingerprint density at radius 1 is 0.952 bits per heavy atom. The first-order chi connectivity index (χ1) is 10.2. The molecule has 3 rings (SSSR count). The molecule has 1 aliphatic rings. The van der Waals surface area contributed by atoms with Gasteiger partial charge in [-0.05, 0) is 17.7 Å². The Labute approximate surface area is 123 Å². The Balaban J connectivity index is 1.87. The lowest BCUT2D eigenvalue weighted by molar-refractivity contribution is 0.0730. The molecular formula is C14H15N3O3S. The van der Waals surface area contributed by atoms with Crippen LogP contribution in [0.3, 0.4) is 0 Å². The molecule has 110 valence electrons. The molecule has 0 N–H and O–H groups in total. The normalized spacial score (nSPS) is 16.8. The van der Waals surface area contributed by atoms with Crippen molar-refractivity contribution in [2.75, 3.05) is 26.3 Å². The van der Waals surface area contributed by atoms with Crippen LogP contribution in [-0.2, 0) is 14.8 Å². The Kier molecular flexibility index (Phi) is 3.96. The van der Waals surface area contributed by atoms with Crippen LogP contribution >= 0.6 is 0 Å². The van der Waals surface area contributed by atoms with Crippen LogP contribution in [-0.4, -0.2) is 49.0 Å². The van der Waals surface area contributed by atoms with E-state index in [1.807, 2.05) is 0 Å². The van der Waals surface area contributed by atoms with Crippen LogP contribution in [0, 0.1) is 0 Å². The SMILES string of the molecule is O=S(=O)(c1ccc(-c2cncnc2)cc1)N1CCOCC1. The van der Waals surface area contributed by atoms with Gasteiger partial charge in [-0.15, -0.1) is 0 Å². The standard InChI is InChI=1S/C14H15N3O3S/c18-21(19,17-5-7-20-8-6-17)14-3-1-12(2-4-14)13-9-15-11-16-10-13/h1-4,9-11H,5-8H2. The molecule has 1 fully saturated rings. The zero-order chi connectivity index (χ0) is 14.7. The lowest BCUT2D eigenvalue weighted by Crippen LogP contribution is -2.40. The molecule has 1 aromatic heterocycles. The Morgan fingerprint density at radius 2 is 1.57 bits per heavy atom. The minimum absolute atomic E-state index is 0.296. The van der Waals surface area contributed by atoms with Crippen molar-refractivity contribution >= 4 is 10.0 Å². The monoisotopic (exact) mass is 305 g/mol. The number of rotatable bonds is 3. The summed E-state index contributed by atoms with van der Waals surface area (Å²) in [5.74, 6) is 0. The zero-order valence-corrected chi connectivity index (χ0v) is 12.2. The fourth-order valence-electron chi connectivity index (χ4n) is 2.20. The fraction of sp³-hybridized carbons (Fsp3) is 0.286. The van der Waals surface area contributed by atoms with Crippen molar-refractivity contribution in [2.24, 2.45) is 0 Å². The van der Waals surface area contributed by atoms with Gasteiger partial charge in [-0.1, -0.05) is 12.1 Å². The minimum atomic E-state index is -3.44. The molecule has 0 spiro atoms. The van der Waals surface area contributed by atoms with E-state index in [1.54, 1.807) is 36.7 Å². The second-order valence-corrected chi connectivity index (χ2v) is 6.61. The van der Waals surface area contributed by atoms with Crippen molar-refractivity contribution < 1.29 is 13.2 Å². The highest BCUT2D eigenvalue weighted by Gasteiger charge is 2.26. The van der Waals surface area contributed by atoms with E-state index in [2.05, 4.69) is 9.97 Å². The van der Waals surface area contributed by atoms with Crippen LogP contribution in [0.15, 0.2) is 47.9 Å². The van der Waals surface area contributed by atoms with Crippen molar-refractivity contribution in [3.05, 3.63) is 43.0 Å². The van der Waals surface area contributed by atoms with E-state index in [0.29, 0.717) is 31.2 Å². The molecule has 0 saturated carbocycles. The Hall–Kier alpha value is -1.83. The Bertz CT molecular complexity index is 696. The summed E-state index contributed by atoms with van der Waals surface area (Å²) in [6, 6.07) is 6.78. The quantitative estimate of drug-likeness (QED) is 0.851. The molecular weight excluding hydrogens is 290 g/mol. The molecule has 6 nitrogen and oxygen atoms in total. The third-order valence-electron chi connectivity index (χ3n) is 3.36. The van der Waals surface area contributed by atoms with Gasteiger partial charge in [-0.2, -0.15) is 4.31 Å². The van der Waals surface area contributed by atoms with E-state index in [9.17, 15) is 8.42 Å². The lowest BCUT2D eigenvalue weighted by Gasteiger charge is -2.26. The van der Waals surface area contributed by atoms with Gasteiger partial charge in [0.05, 0.1) is 18.1 Å². The summed E-state index contributed by atoms with van der Waals surface area (Å²) in [7, 11) is -3.44. The number of sulfonamides is 1. The number of benzene rings is 1. The van der Waals surface area contributed by atoms with Crippen LogP contribution in [0.25, 0.3) is 11.1 Å². The molecule has 1 aliphatic heterocycles. The van der Waals surface area contributed by atoms with Crippen molar-refractivity contribution in [2.45, 2.75) is 4.90 Å². The first-order valence-electron chi connectivity index (χ1n) is 6.61. The average molecular weight is 305 g/mol. The number of aromatic nitrogens is 2.